The molecule has 0 radical (unpaired) electrons. The van der Waals surface area contributed by atoms with Gasteiger partial charge in [0.05, 0.1) is 0 Å². The molecule has 1 aliphatic heterocycles. The summed E-state index contributed by atoms with van der Waals surface area (Å²) < 4.78 is 0. The van der Waals surface area contributed by atoms with Crippen molar-refractivity contribution in [2.24, 2.45) is 16.8 Å². The largest absolute Gasteiger partial charge is 0.356 e. The lowest BCUT2D eigenvalue weighted by molar-refractivity contribution is 0.182. The van der Waals surface area contributed by atoms with Crippen molar-refractivity contribution in [1.82, 2.24) is 15.5 Å². The van der Waals surface area contributed by atoms with Gasteiger partial charge in [0.25, 0.3) is 0 Å². The number of nitrogens with one attached hydrogen (secondary N) is 2. The maximum Gasteiger partial charge on any atom is 0.190 e. The van der Waals surface area contributed by atoms with Gasteiger partial charge >= 0.3 is 0 Å². The Hall–Kier alpha value is -0.770. The minimum absolute atomic E-state index is 0.738. The van der Waals surface area contributed by atoms with Crippen molar-refractivity contribution >= 4 is 5.96 Å². The smallest absolute Gasteiger partial charge is 0.190 e. The van der Waals surface area contributed by atoms with E-state index in [1.807, 2.05) is 7.05 Å². The number of likely N-dealkylation sites (tertiary alicyclic amines) is 1. The van der Waals surface area contributed by atoms with Crippen molar-refractivity contribution in [1.29, 1.82) is 0 Å². The standard InChI is InChI=1S/C16H34N4/c1-14(2)8-10-19-16(17-4)18-9-6-12-20-11-5-7-15(3)13-20/h14-15H,5-13H2,1-4H3,(H2,17,18,19). The number of nitrogens with zero attached hydrogens (tertiary/aromatic N) is 2. The van der Waals surface area contributed by atoms with E-state index in [1.165, 1.54) is 45.3 Å². The molecule has 1 atom stereocenters. The Morgan fingerprint density at radius 1 is 1.30 bits per heavy atom. The highest BCUT2D eigenvalue weighted by Gasteiger charge is 2.15. The van der Waals surface area contributed by atoms with Gasteiger partial charge in [-0.2, -0.15) is 0 Å². The fraction of sp³-hybridized carbons (Fsp3) is 0.938. The van der Waals surface area contributed by atoms with E-state index in [9.17, 15) is 0 Å². The molecule has 0 saturated carbocycles. The highest BCUT2D eigenvalue weighted by molar-refractivity contribution is 5.79. The molecule has 1 heterocycles. The van der Waals surface area contributed by atoms with Crippen LogP contribution in [-0.4, -0.2) is 50.6 Å². The number of piperidine rings is 1. The zero-order valence-corrected chi connectivity index (χ0v) is 13.9. The summed E-state index contributed by atoms with van der Waals surface area (Å²) in [7, 11) is 1.84. The van der Waals surface area contributed by atoms with Gasteiger partial charge in [-0.05, 0) is 50.6 Å². The third-order valence-corrected chi connectivity index (χ3v) is 3.92. The molecular formula is C16H34N4. The molecule has 0 amide bonds. The molecule has 0 aromatic heterocycles. The summed E-state index contributed by atoms with van der Waals surface area (Å²) in [6.45, 7) is 12.6. The molecule has 118 valence electrons. The van der Waals surface area contributed by atoms with Crippen molar-refractivity contribution in [3.8, 4) is 0 Å². The molecule has 1 rings (SSSR count). The summed E-state index contributed by atoms with van der Waals surface area (Å²) in [6, 6.07) is 0. The van der Waals surface area contributed by atoms with Crippen LogP contribution in [0.4, 0.5) is 0 Å². The average molecular weight is 282 g/mol. The van der Waals surface area contributed by atoms with E-state index in [0.717, 1.165) is 30.9 Å². The lowest BCUT2D eigenvalue weighted by atomic mass is 10.0. The molecule has 4 nitrogen and oxygen atoms in total. The van der Waals surface area contributed by atoms with Gasteiger partial charge in [-0.25, -0.2) is 0 Å². The van der Waals surface area contributed by atoms with Crippen LogP contribution < -0.4 is 10.6 Å². The van der Waals surface area contributed by atoms with E-state index < -0.39 is 0 Å². The Morgan fingerprint density at radius 3 is 2.70 bits per heavy atom. The molecule has 20 heavy (non-hydrogen) atoms. The van der Waals surface area contributed by atoms with Gasteiger partial charge in [0.15, 0.2) is 5.96 Å². The van der Waals surface area contributed by atoms with Crippen LogP contribution in [0.5, 0.6) is 0 Å². The molecule has 1 unspecified atom stereocenters. The predicted octanol–water partition coefficient (Wildman–Crippen LogP) is 2.32. The number of rotatable bonds is 7. The average Bonchev–Trinajstić information content (AvgIpc) is 2.41. The molecular weight excluding hydrogens is 248 g/mol. The van der Waals surface area contributed by atoms with E-state index in [1.54, 1.807) is 0 Å². The van der Waals surface area contributed by atoms with Gasteiger partial charge in [0.1, 0.15) is 0 Å². The second-order valence-electron chi connectivity index (χ2n) is 6.51. The van der Waals surface area contributed by atoms with Crippen molar-refractivity contribution in [3.05, 3.63) is 0 Å². The summed E-state index contributed by atoms with van der Waals surface area (Å²) >= 11 is 0. The van der Waals surface area contributed by atoms with Crippen LogP contribution in [0.1, 0.15) is 46.5 Å². The third kappa shape index (κ3) is 7.73. The molecule has 0 bridgehead atoms. The van der Waals surface area contributed by atoms with Crippen LogP contribution in [0.2, 0.25) is 0 Å². The lowest BCUT2D eigenvalue weighted by Crippen LogP contribution is -2.40. The molecule has 1 fully saturated rings. The second kappa shape index (κ2) is 10.0. The minimum Gasteiger partial charge on any atom is -0.356 e. The molecule has 0 aromatic rings. The van der Waals surface area contributed by atoms with E-state index in [0.29, 0.717) is 0 Å². The topological polar surface area (TPSA) is 39.7 Å². The van der Waals surface area contributed by atoms with Crippen LogP contribution in [0.25, 0.3) is 0 Å². The number of guanidine groups is 1. The maximum absolute atomic E-state index is 4.26. The number of hydrogen-bond donors (Lipinski definition) is 2. The monoisotopic (exact) mass is 282 g/mol. The molecule has 1 aliphatic rings. The molecule has 0 aliphatic carbocycles. The van der Waals surface area contributed by atoms with Crippen LogP contribution in [0.15, 0.2) is 4.99 Å². The Labute approximate surface area is 125 Å². The molecule has 1 saturated heterocycles. The van der Waals surface area contributed by atoms with Gasteiger partial charge in [-0.3, -0.25) is 4.99 Å². The molecule has 0 spiro atoms. The van der Waals surface area contributed by atoms with Crippen molar-refractivity contribution < 1.29 is 0 Å². The zero-order valence-electron chi connectivity index (χ0n) is 13.9. The minimum atomic E-state index is 0.738. The first-order chi connectivity index (χ1) is 9.61. The predicted molar refractivity (Wildman–Crippen MR) is 88.3 cm³/mol. The van der Waals surface area contributed by atoms with Gasteiger partial charge < -0.3 is 15.5 Å². The summed E-state index contributed by atoms with van der Waals surface area (Å²) in [5.41, 5.74) is 0. The second-order valence-corrected chi connectivity index (χ2v) is 6.51. The molecule has 2 N–H and O–H groups in total. The van der Waals surface area contributed by atoms with Crippen molar-refractivity contribution in [2.75, 3.05) is 39.8 Å². The Kier molecular flexibility index (Phi) is 8.67. The highest BCUT2D eigenvalue weighted by atomic mass is 15.2. The van der Waals surface area contributed by atoms with E-state index in [2.05, 4.69) is 41.3 Å². The van der Waals surface area contributed by atoms with Gasteiger partial charge in [-0.15, -0.1) is 0 Å². The molecule has 4 heteroatoms. The van der Waals surface area contributed by atoms with E-state index >= 15 is 0 Å². The van der Waals surface area contributed by atoms with Gasteiger partial charge in [0.2, 0.25) is 0 Å². The lowest BCUT2D eigenvalue weighted by Gasteiger charge is -2.30. The quantitative estimate of drug-likeness (QED) is 0.428. The SMILES string of the molecule is CN=C(NCCCN1CCCC(C)C1)NCCC(C)C. The fourth-order valence-electron chi connectivity index (χ4n) is 2.70. The van der Waals surface area contributed by atoms with Crippen LogP contribution in [0, 0.1) is 11.8 Å². The number of aliphatic imine (C=N–C) groups is 1. The summed E-state index contributed by atoms with van der Waals surface area (Å²) in [4.78, 5) is 6.86. The van der Waals surface area contributed by atoms with Crippen LogP contribution in [0.3, 0.4) is 0 Å². The fourth-order valence-corrected chi connectivity index (χ4v) is 2.70. The normalized spacial score (nSPS) is 21.2. The Balaban J connectivity index is 2.06. The van der Waals surface area contributed by atoms with E-state index in [-0.39, 0.29) is 0 Å². The first kappa shape index (κ1) is 17.3. The Morgan fingerprint density at radius 2 is 2.05 bits per heavy atom. The molecule has 0 aromatic carbocycles. The Bertz CT molecular complexity index is 276. The van der Waals surface area contributed by atoms with Crippen LogP contribution in [-0.2, 0) is 0 Å². The summed E-state index contributed by atoms with van der Waals surface area (Å²) in [5, 5.41) is 6.78. The van der Waals surface area contributed by atoms with Gasteiger partial charge in [0, 0.05) is 26.7 Å². The zero-order chi connectivity index (χ0) is 14.8. The summed E-state index contributed by atoms with van der Waals surface area (Å²) in [5.74, 6) is 2.56. The van der Waals surface area contributed by atoms with E-state index in [4.69, 9.17) is 0 Å². The first-order valence-corrected chi connectivity index (χ1v) is 8.28. The first-order valence-electron chi connectivity index (χ1n) is 8.28. The third-order valence-electron chi connectivity index (χ3n) is 3.92. The maximum atomic E-state index is 4.26. The van der Waals surface area contributed by atoms with Crippen LogP contribution >= 0.6 is 0 Å². The van der Waals surface area contributed by atoms with Gasteiger partial charge in [-0.1, -0.05) is 20.8 Å². The number of hydrogen-bond acceptors (Lipinski definition) is 2. The van der Waals surface area contributed by atoms with Crippen molar-refractivity contribution in [3.63, 3.8) is 0 Å². The van der Waals surface area contributed by atoms with Crippen molar-refractivity contribution in [2.45, 2.75) is 46.5 Å². The highest BCUT2D eigenvalue weighted by Crippen LogP contribution is 2.15. The summed E-state index contributed by atoms with van der Waals surface area (Å²) in [6.07, 6.45) is 5.15.